The van der Waals surface area contributed by atoms with Crippen LogP contribution in [0.25, 0.3) is 11.3 Å². The number of pyridine rings is 1. The molecule has 0 fully saturated rings. The molecule has 0 radical (unpaired) electrons. The Hall–Kier alpha value is -2.11. The summed E-state index contributed by atoms with van der Waals surface area (Å²) in [5, 5.41) is 7.93. The predicted molar refractivity (Wildman–Crippen MR) is 57.8 cm³/mol. The van der Waals surface area contributed by atoms with E-state index in [2.05, 4.69) is 15.3 Å². The first-order valence-electron chi connectivity index (χ1n) is 4.63. The van der Waals surface area contributed by atoms with Crippen molar-refractivity contribution in [2.45, 2.75) is 13.5 Å². The lowest BCUT2D eigenvalue weighted by atomic mass is 10.2. The highest BCUT2D eigenvalue weighted by Gasteiger charge is 2.07. The monoisotopic (exact) mass is 204 g/mol. The molecule has 4 N–H and O–H groups in total. The molecule has 0 aliphatic heterocycles. The van der Waals surface area contributed by atoms with Crippen LogP contribution in [-0.4, -0.2) is 20.0 Å². The van der Waals surface area contributed by atoms with E-state index in [1.165, 1.54) is 0 Å². The van der Waals surface area contributed by atoms with Crippen molar-refractivity contribution in [1.82, 2.24) is 20.0 Å². The fraction of sp³-hybridized carbons (Fsp3) is 0.222. The van der Waals surface area contributed by atoms with Gasteiger partial charge in [0.1, 0.15) is 17.3 Å². The molecule has 2 rings (SSSR count). The van der Waals surface area contributed by atoms with Crippen LogP contribution in [0.1, 0.15) is 6.92 Å². The number of hydrogen-bond donors (Lipinski definition) is 2. The topological polar surface area (TPSA) is 95.6 Å². The van der Waals surface area contributed by atoms with Crippen molar-refractivity contribution in [2.75, 3.05) is 11.5 Å². The van der Waals surface area contributed by atoms with Gasteiger partial charge in [-0.05, 0) is 19.1 Å². The number of nitrogens with zero attached hydrogens (tertiary/aromatic N) is 4. The Morgan fingerprint density at radius 1 is 1.33 bits per heavy atom. The third kappa shape index (κ3) is 1.74. The maximum atomic E-state index is 5.74. The summed E-state index contributed by atoms with van der Waals surface area (Å²) in [4.78, 5) is 3.96. The molecule has 15 heavy (non-hydrogen) atoms. The third-order valence-electron chi connectivity index (χ3n) is 2.08. The van der Waals surface area contributed by atoms with Gasteiger partial charge in [0.05, 0.1) is 6.20 Å². The van der Waals surface area contributed by atoms with Crippen LogP contribution in [0, 0.1) is 0 Å². The van der Waals surface area contributed by atoms with Gasteiger partial charge in [0, 0.05) is 12.1 Å². The lowest BCUT2D eigenvalue weighted by molar-refractivity contribution is 0.627. The van der Waals surface area contributed by atoms with Crippen LogP contribution in [0.15, 0.2) is 18.3 Å². The van der Waals surface area contributed by atoms with Gasteiger partial charge in [-0.1, -0.05) is 5.21 Å². The van der Waals surface area contributed by atoms with E-state index in [0.29, 0.717) is 17.3 Å². The molecule has 2 aromatic heterocycles. The third-order valence-corrected chi connectivity index (χ3v) is 2.08. The fourth-order valence-electron chi connectivity index (χ4n) is 1.28. The minimum atomic E-state index is 0.373. The maximum absolute atomic E-state index is 5.74. The minimum absolute atomic E-state index is 0.373. The molecule has 6 nitrogen and oxygen atoms in total. The van der Waals surface area contributed by atoms with E-state index in [-0.39, 0.29) is 0 Å². The Kier molecular flexibility index (Phi) is 2.24. The first-order chi connectivity index (χ1) is 7.20. The normalized spacial score (nSPS) is 10.5. The first kappa shape index (κ1) is 9.45. The zero-order valence-corrected chi connectivity index (χ0v) is 8.38. The van der Waals surface area contributed by atoms with Crippen molar-refractivity contribution in [2.24, 2.45) is 0 Å². The van der Waals surface area contributed by atoms with Crippen LogP contribution < -0.4 is 11.5 Å². The fourth-order valence-corrected chi connectivity index (χ4v) is 1.28. The van der Waals surface area contributed by atoms with Crippen molar-refractivity contribution >= 4 is 11.6 Å². The van der Waals surface area contributed by atoms with Crippen LogP contribution in [-0.2, 0) is 6.54 Å². The van der Waals surface area contributed by atoms with Gasteiger partial charge in [-0.15, -0.1) is 5.10 Å². The van der Waals surface area contributed by atoms with E-state index >= 15 is 0 Å². The van der Waals surface area contributed by atoms with E-state index in [1.807, 2.05) is 13.1 Å². The minimum Gasteiger partial charge on any atom is -0.384 e. The summed E-state index contributed by atoms with van der Waals surface area (Å²) in [7, 11) is 0. The molecule has 2 aromatic rings. The standard InChI is InChI=1S/C9H12N6/c1-2-15-5-7(13-14-15)6-3-4-8(10)12-9(6)11/h3-5H,2H2,1H3,(H4,10,11,12). The Bertz CT molecular complexity index is 475. The molecule has 0 saturated carbocycles. The maximum Gasteiger partial charge on any atom is 0.135 e. The predicted octanol–water partition coefficient (Wildman–Crippen LogP) is 0.524. The Labute approximate surface area is 86.9 Å². The van der Waals surface area contributed by atoms with Crippen molar-refractivity contribution in [3.63, 3.8) is 0 Å². The van der Waals surface area contributed by atoms with Crippen LogP contribution in [0.5, 0.6) is 0 Å². The van der Waals surface area contributed by atoms with Gasteiger partial charge in [0.2, 0.25) is 0 Å². The molecule has 0 aromatic carbocycles. The summed E-state index contributed by atoms with van der Waals surface area (Å²) < 4.78 is 1.73. The molecule has 2 heterocycles. The van der Waals surface area contributed by atoms with Gasteiger partial charge >= 0.3 is 0 Å². The average molecular weight is 204 g/mol. The second kappa shape index (κ2) is 3.56. The van der Waals surface area contributed by atoms with Gasteiger partial charge in [-0.25, -0.2) is 4.98 Å². The van der Waals surface area contributed by atoms with Crippen molar-refractivity contribution in [3.05, 3.63) is 18.3 Å². The van der Waals surface area contributed by atoms with Gasteiger partial charge in [0.25, 0.3) is 0 Å². The Morgan fingerprint density at radius 2 is 2.13 bits per heavy atom. The largest absolute Gasteiger partial charge is 0.384 e. The number of nitrogens with two attached hydrogens (primary N) is 2. The molecule has 0 atom stereocenters. The van der Waals surface area contributed by atoms with Gasteiger partial charge in [-0.2, -0.15) is 0 Å². The van der Waals surface area contributed by atoms with E-state index in [0.717, 1.165) is 12.1 Å². The molecule has 0 unspecified atom stereocenters. The molecular formula is C9H12N6. The second-order valence-corrected chi connectivity index (χ2v) is 3.13. The lowest BCUT2D eigenvalue weighted by Gasteiger charge is -2.01. The molecule has 0 aliphatic carbocycles. The Balaban J connectivity index is 2.44. The molecule has 6 heteroatoms. The van der Waals surface area contributed by atoms with E-state index in [9.17, 15) is 0 Å². The zero-order valence-electron chi connectivity index (χ0n) is 8.38. The van der Waals surface area contributed by atoms with Crippen LogP contribution in [0.2, 0.25) is 0 Å². The quantitative estimate of drug-likeness (QED) is 0.743. The van der Waals surface area contributed by atoms with E-state index < -0.39 is 0 Å². The number of aromatic nitrogens is 4. The van der Waals surface area contributed by atoms with Gasteiger partial charge in [0.15, 0.2) is 0 Å². The van der Waals surface area contributed by atoms with Crippen LogP contribution >= 0.6 is 0 Å². The summed E-state index contributed by atoms with van der Waals surface area (Å²) in [6, 6.07) is 3.48. The zero-order chi connectivity index (χ0) is 10.8. The number of rotatable bonds is 2. The SMILES string of the molecule is CCn1cc(-c2ccc(N)nc2N)nn1. The molecule has 78 valence electrons. The second-order valence-electron chi connectivity index (χ2n) is 3.13. The highest BCUT2D eigenvalue weighted by molar-refractivity contribution is 5.71. The highest BCUT2D eigenvalue weighted by Crippen LogP contribution is 2.22. The number of hydrogen-bond acceptors (Lipinski definition) is 5. The number of anilines is 2. The average Bonchev–Trinajstić information content (AvgIpc) is 2.66. The Morgan fingerprint density at radius 3 is 2.73 bits per heavy atom. The first-order valence-corrected chi connectivity index (χ1v) is 4.63. The van der Waals surface area contributed by atoms with Crippen molar-refractivity contribution < 1.29 is 0 Å². The van der Waals surface area contributed by atoms with E-state index in [1.54, 1.807) is 16.8 Å². The van der Waals surface area contributed by atoms with E-state index in [4.69, 9.17) is 11.5 Å². The highest BCUT2D eigenvalue weighted by atomic mass is 15.4. The molecule has 0 spiro atoms. The number of aryl methyl sites for hydroxylation is 1. The van der Waals surface area contributed by atoms with Crippen LogP contribution in [0.4, 0.5) is 11.6 Å². The van der Waals surface area contributed by atoms with Gasteiger partial charge in [-0.3, -0.25) is 4.68 Å². The molecule has 0 bridgehead atoms. The molecule has 0 saturated heterocycles. The lowest BCUT2D eigenvalue weighted by Crippen LogP contribution is -1.98. The summed E-state index contributed by atoms with van der Waals surface area (Å²) in [5.74, 6) is 0.775. The smallest absolute Gasteiger partial charge is 0.135 e. The van der Waals surface area contributed by atoms with Crippen molar-refractivity contribution in [3.8, 4) is 11.3 Å². The summed E-state index contributed by atoms with van der Waals surface area (Å²) >= 11 is 0. The summed E-state index contributed by atoms with van der Waals surface area (Å²) in [6.45, 7) is 2.76. The molecular weight excluding hydrogens is 192 g/mol. The summed E-state index contributed by atoms with van der Waals surface area (Å²) in [6.07, 6.45) is 1.82. The number of nitrogen functional groups attached to an aromatic ring is 2. The van der Waals surface area contributed by atoms with Gasteiger partial charge < -0.3 is 11.5 Å². The van der Waals surface area contributed by atoms with Crippen LogP contribution in [0.3, 0.4) is 0 Å². The molecule has 0 amide bonds. The summed E-state index contributed by atoms with van der Waals surface area (Å²) in [5.41, 5.74) is 12.7. The van der Waals surface area contributed by atoms with Crippen molar-refractivity contribution in [1.29, 1.82) is 0 Å². The molecule has 0 aliphatic rings.